The minimum atomic E-state index is -4.53. The number of rotatable bonds is 4. The summed E-state index contributed by atoms with van der Waals surface area (Å²) in [5, 5.41) is 14.0. The second kappa shape index (κ2) is 7.22. The van der Waals surface area contributed by atoms with Crippen molar-refractivity contribution in [1.29, 1.82) is 0 Å². The molecule has 0 fully saturated rings. The normalized spacial score (nSPS) is 18.7. The molecule has 2 N–H and O–H groups in total. The zero-order valence-electron chi connectivity index (χ0n) is 16.6. The molecule has 3 aromatic rings. The number of nitrogens with zero attached hydrogens (tertiary/aromatic N) is 4. The summed E-state index contributed by atoms with van der Waals surface area (Å²) >= 11 is 0. The number of carbonyl (C=O) groups is 1. The standard InChI is InChI=1S/C19H21F3N6O2/c1-4-27-11(3)17(10(2)25-27)24-18(29)13-9-16-23-12(14-6-5-7-30-14)8-15(19(20,21)22)28(16)26-13/h5-7,9,12,15,23H,4,8H2,1-3H3,(H,24,29)/t12-,15+/m0/s1. The molecule has 0 bridgehead atoms. The van der Waals surface area contributed by atoms with Gasteiger partial charge in [0.2, 0.25) is 0 Å². The van der Waals surface area contributed by atoms with Gasteiger partial charge in [-0.05, 0) is 32.9 Å². The smallest absolute Gasteiger partial charge is 0.410 e. The molecule has 0 saturated carbocycles. The van der Waals surface area contributed by atoms with Crippen LogP contribution in [0.1, 0.15) is 53.1 Å². The number of halogens is 3. The van der Waals surface area contributed by atoms with Crippen molar-refractivity contribution in [3.8, 4) is 0 Å². The molecule has 3 aromatic heterocycles. The van der Waals surface area contributed by atoms with Crippen molar-refractivity contribution >= 4 is 17.4 Å². The van der Waals surface area contributed by atoms with Crippen molar-refractivity contribution < 1.29 is 22.4 Å². The lowest BCUT2D eigenvalue weighted by molar-refractivity contribution is -0.174. The lowest BCUT2D eigenvalue weighted by atomic mass is 10.0. The van der Waals surface area contributed by atoms with E-state index < -0.39 is 24.2 Å². The first-order valence-corrected chi connectivity index (χ1v) is 9.50. The van der Waals surface area contributed by atoms with Crippen LogP contribution in [0.3, 0.4) is 0 Å². The summed E-state index contributed by atoms with van der Waals surface area (Å²) in [5.74, 6) is -0.107. The third kappa shape index (κ3) is 3.44. The highest BCUT2D eigenvalue weighted by atomic mass is 19.4. The summed E-state index contributed by atoms with van der Waals surface area (Å²) < 4.78 is 49.0. The SMILES string of the molecule is CCn1nc(C)c(NC(=O)c2cc3n(n2)[C@@H](C(F)(F)F)C[C@@H](c2ccco2)N3)c1C. The number of carbonyl (C=O) groups excluding carboxylic acids is 1. The van der Waals surface area contributed by atoms with Gasteiger partial charge in [-0.15, -0.1) is 0 Å². The molecule has 2 atom stereocenters. The van der Waals surface area contributed by atoms with Crippen molar-refractivity contribution in [3.05, 3.63) is 47.3 Å². The van der Waals surface area contributed by atoms with Crippen LogP contribution < -0.4 is 10.6 Å². The van der Waals surface area contributed by atoms with E-state index >= 15 is 0 Å². The van der Waals surface area contributed by atoms with Crippen LogP contribution in [0.2, 0.25) is 0 Å². The van der Waals surface area contributed by atoms with Gasteiger partial charge in [0.05, 0.1) is 29.4 Å². The molecule has 4 rings (SSSR count). The molecule has 1 amide bonds. The van der Waals surface area contributed by atoms with E-state index in [0.717, 1.165) is 10.4 Å². The van der Waals surface area contributed by atoms with Crippen LogP contribution in [-0.2, 0) is 6.54 Å². The first kappa shape index (κ1) is 20.0. The van der Waals surface area contributed by atoms with Crippen LogP contribution in [0.15, 0.2) is 28.9 Å². The van der Waals surface area contributed by atoms with Crippen LogP contribution in [0.5, 0.6) is 0 Å². The fourth-order valence-corrected chi connectivity index (χ4v) is 3.72. The van der Waals surface area contributed by atoms with Gasteiger partial charge in [-0.3, -0.25) is 9.48 Å². The van der Waals surface area contributed by atoms with Gasteiger partial charge in [-0.1, -0.05) is 0 Å². The van der Waals surface area contributed by atoms with E-state index in [2.05, 4.69) is 20.8 Å². The summed E-state index contributed by atoms with van der Waals surface area (Å²) in [4.78, 5) is 12.7. The van der Waals surface area contributed by atoms with Crippen LogP contribution in [0.25, 0.3) is 0 Å². The van der Waals surface area contributed by atoms with E-state index in [-0.39, 0.29) is 17.9 Å². The summed E-state index contributed by atoms with van der Waals surface area (Å²) in [5.41, 5.74) is 1.80. The molecular formula is C19H21F3N6O2. The van der Waals surface area contributed by atoms with Gasteiger partial charge in [0, 0.05) is 19.0 Å². The second-order valence-electron chi connectivity index (χ2n) is 7.18. The molecule has 1 aliphatic heterocycles. The summed E-state index contributed by atoms with van der Waals surface area (Å²) in [7, 11) is 0. The maximum Gasteiger partial charge on any atom is 0.410 e. The Labute approximate surface area is 170 Å². The maximum atomic E-state index is 13.7. The second-order valence-corrected chi connectivity index (χ2v) is 7.18. The van der Waals surface area contributed by atoms with E-state index in [1.54, 1.807) is 23.7 Å². The highest BCUT2D eigenvalue weighted by Gasteiger charge is 2.47. The Kier molecular flexibility index (Phi) is 4.83. The van der Waals surface area contributed by atoms with Gasteiger partial charge < -0.3 is 15.1 Å². The number of amides is 1. The van der Waals surface area contributed by atoms with Crippen molar-refractivity contribution in [2.45, 2.75) is 52.0 Å². The Morgan fingerprint density at radius 2 is 2.13 bits per heavy atom. The fraction of sp³-hybridized carbons (Fsp3) is 0.421. The molecule has 0 saturated heterocycles. The van der Waals surface area contributed by atoms with E-state index in [9.17, 15) is 18.0 Å². The highest BCUT2D eigenvalue weighted by Crippen LogP contribution is 2.43. The molecule has 0 radical (unpaired) electrons. The van der Waals surface area contributed by atoms with Crippen LogP contribution >= 0.6 is 0 Å². The maximum absolute atomic E-state index is 13.7. The predicted octanol–water partition coefficient (Wildman–Crippen LogP) is 4.22. The van der Waals surface area contributed by atoms with Gasteiger partial charge in [-0.25, -0.2) is 4.68 Å². The number of alkyl halides is 3. The van der Waals surface area contributed by atoms with E-state index in [0.29, 0.717) is 23.7 Å². The minimum absolute atomic E-state index is 0.104. The molecule has 160 valence electrons. The van der Waals surface area contributed by atoms with Gasteiger partial charge in [-0.2, -0.15) is 23.4 Å². The summed E-state index contributed by atoms with van der Waals surface area (Å²) in [6.07, 6.45) is -3.42. The number of anilines is 2. The molecule has 1 aliphatic rings. The topological polar surface area (TPSA) is 89.9 Å². The Hall–Kier alpha value is -3.24. The van der Waals surface area contributed by atoms with Crippen molar-refractivity contribution in [2.75, 3.05) is 10.6 Å². The molecule has 0 unspecified atom stereocenters. The van der Waals surface area contributed by atoms with Crippen molar-refractivity contribution in [2.24, 2.45) is 0 Å². The zero-order valence-corrected chi connectivity index (χ0v) is 16.6. The molecule has 4 heterocycles. The number of aryl methyl sites for hydroxylation is 2. The van der Waals surface area contributed by atoms with Crippen molar-refractivity contribution in [1.82, 2.24) is 19.6 Å². The van der Waals surface area contributed by atoms with Gasteiger partial charge in [0.15, 0.2) is 11.7 Å². The quantitative estimate of drug-likeness (QED) is 0.657. The fourth-order valence-electron chi connectivity index (χ4n) is 3.72. The summed E-state index contributed by atoms with van der Waals surface area (Å²) in [6, 6.07) is 1.99. The molecule has 8 nitrogen and oxygen atoms in total. The van der Waals surface area contributed by atoms with Gasteiger partial charge in [0.25, 0.3) is 5.91 Å². The highest BCUT2D eigenvalue weighted by molar-refractivity contribution is 6.04. The van der Waals surface area contributed by atoms with E-state index in [4.69, 9.17) is 4.42 Å². The Balaban J connectivity index is 1.65. The third-order valence-electron chi connectivity index (χ3n) is 5.23. The average molecular weight is 422 g/mol. The average Bonchev–Trinajstić information content (AvgIpc) is 3.41. The van der Waals surface area contributed by atoms with Crippen LogP contribution in [-0.4, -0.2) is 31.6 Å². The third-order valence-corrected chi connectivity index (χ3v) is 5.23. The van der Waals surface area contributed by atoms with Crippen LogP contribution in [0.4, 0.5) is 24.7 Å². The largest absolute Gasteiger partial charge is 0.467 e. The zero-order chi connectivity index (χ0) is 21.6. The lowest BCUT2D eigenvalue weighted by Crippen LogP contribution is -2.35. The Morgan fingerprint density at radius 3 is 2.73 bits per heavy atom. The molecular weight excluding hydrogens is 401 g/mol. The molecule has 0 spiro atoms. The van der Waals surface area contributed by atoms with Crippen molar-refractivity contribution in [3.63, 3.8) is 0 Å². The van der Waals surface area contributed by atoms with Gasteiger partial charge >= 0.3 is 6.18 Å². The molecule has 11 heteroatoms. The first-order chi connectivity index (χ1) is 14.2. The van der Waals surface area contributed by atoms with Gasteiger partial charge in [0.1, 0.15) is 11.6 Å². The Morgan fingerprint density at radius 1 is 1.37 bits per heavy atom. The molecule has 30 heavy (non-hydrogen) atoms. The predicted molar refractivity (Wildman–Crippen MR) is 102 cm³/mol. The van der Waals surface area contributed by atoms with Crippen LogP contribution in [0, 0.1) is 13.8 Å². The Bertz CT molecular complexity index is 1070. The molecule has 0 aliphatic carbocycles. The lowest BCUT2D eigenvalue weighted by Gasteiger charge is -2.32. The van der Waals surface area contributed by atoms with E-state index in [1.807, 2.05) is 13.8 Å². The number of hydrogen-bond acceptors (Lipinski definition) is 5. The monoisotopic (exact) mass is 422 g/mol. The number of furan rings is 1. The summed E-state index contributed by atoms with van der Waals surface area (Å²) in [6.45, 7) is 6.12. The number of fused-ring (bicyclic) bond motifs is 1. The first-order valence-electron chi connectivity index (χ1n) is 9.50. The minimum Gasteiger partial charge on any atom is -0.467 e. The van der Waals surface area contributed by atoms with E-state index in [1.165, 1.54) is 12.3 Å². The molecule has 0 aromatic carbocycles. The number of nitrogens with one attached hydrogen (secondary N) is 2. The number of hydrogen-bond donors (Lipinski definition) is 2. The number of aromatic nitrogens is 4.